The molecule has 1 aliphatic rings. The number of hydrogen-bond acceptors (Lipinski definition) is 5. The van der Waals surface area contributed by atoms with Gasteiger partial charge in [-0.1, -0.05) is 17.7 Å². The summed E-state index contributed by atoms with van der Waals surface area (Å²) in [7, 11) is 0. The summed E-state index contributed by atoms with van der Waals surface area (Å²) in [5, 5.41) is 14.2. The number of carboxylic acids is 1. The van der Waals surface area contributed by atoms with Crippen molar-refractivity contribution in [2.24, 2.45) is 5.92 Å². The van der Waals surface area contributed by atoms with Crippen molar-refractivity contribution in [3.8, 4) is 5.75 Å². The molecule has 0 amide bonds. The minimum Gasteiger partial charge on any atom is -0.492 e. The maximum absolute atomic E-state index is 12.2. The number of halogens is 1. The fraction of sp³-hybridized carbons (Fsp3) is 0.238. The zero-order chi connectivity index (χ0) is 20.8. The third-order valence-electron chi connectivity index (χ3n) is 5.17. The van der Waals surface area contributed by atoms with E-state index < -0.39 is 11.4 Å². The van der Waals surface area contributed by atoms with E-state index in [0.29, 0.717) is 40.2 Å². The van der Waals surface area contributed by atoms with E-state index in [1.807, 2.05) is 0 Å². The summed E-state index contributed by atoms with van der Waals surface area (Å²) in [5.74, 6) is 0.653. The summed E-state index contributed by atoms with van der Waals surface area (Å²) in [4.78, 5) is 31.5. The van der Waals surface area contributed by atoms with Crippen LogP contribution in [0.15, 0.2) is 41.3 Å². The number of ether oxygens (including phenoxy) is 1. The van der Waals surface area contributed by atoms with Crippen molar-refractivity contribution >= 4 is 39.5 Å². The Balaban J connectivity index is 1.51. The lowest BCUT2D eigenvalue weighted by molar-refractivity contribution is 0.0699. The number of aromatic nitrogens is 4. The molecule has 30 heavy (non-hydrogen) atoms. The molecule has 4 aromatic rings. The predicted octanol–water partition coefficient (Wildman–Crippen LogP) is 3.46. The second-order valence-electron chi connectivity index (χ2n) is 7.41. The topological polar surface area (TPSA) is 110 Å². The number of fused-ring (bicyclic) bond motifs is 2. The van der Waals surface area contributed by atoms with E-state index in [1.54, 1.807) is 28.9 Å². The van der Waals surface area contributed by atoms with Gasteiger partial charge < -0.3 is 14.8 Å². The lowest BCUT2D eigenvalue weighted by Gasteiger charge is -2.09. The smallest absolute Gasteiger partial charge is 0.336 e. The Morgan fingerprint density at radius 1 is 1.33 bits per heavy atom. The van der Waals surface area contributed by atoms with Crippen LogP contribution in [0.3, 0.4) is 0 Å². The van der Waals surface area contributed by atoms with Gasteiger partial charge in [0.25, 0.3) is 0 Å². The van der Waals surface area contributed by atoms with Gasteiger partial charge in [-0.15, -0.1) is 0 Å². The van der Waals surface area contributed by atoms with Gasteiger partial charge in [-0.25, -0.2) is 9.78 Å². The summed E-state index contributed by atoms with van der Waals surface area (Å²) >= 11 is 6.34. The fourth-order valence-electron chi connectivity index (χ4n) is 3.45. The summed E-state index contributed by atoms with van der Waals surface area (Å²) < 4.78 is 7.36. The second-order valence-corrected chi connectivity index (χ2v) is 7.82. The highest BCUT2D eigenvalue weighted by Gasteiger charge is 2.22. The minimum absolute atomic E-state index is 0.0532. The summed E-state index contributed by atoms with van der Waals surface area (Å²) in [6.45, 7) is 0.881. The molecule has 0 spiro atoms. The van der Waals surface area contributed by atoms with E-state index in [4.69, 9.17) is 16.3 Å². The molecular weight excluding hydrogens is 408 g/mol. The third-order valence-corrected chi connectivity index (χ3v) is 5.46. The predicted molar refractivity (Wildman–Crippen MR) is 111 cm³/mol. The van der Waals surface area contributed by atoms with E-state index in [9.17, 15) is 14.7 Å². The van der Waals surface area contributed by atoms with Crippen LogP contribution in [0, 0.1) is 5.92 Å². The number of nitrogens with one attached hydrogen (secondary N) is 1. The molecule has 2 aromatic carbocycles. The van der Waals surface area contributed by atoms with Crippen LogP contribution in [0.2, 0.25) is 5.02 Å². The number of benzene rings is 2. The Kier molecular flexibility index (Phi) is 4.43. The number of rotatable bonds is 6. The number of nitrogens with zero attached hydrogens (tertiary/aromatic N) is 3. The molecule has 1 aliphatic carbocycles. The molecule has 0 saturated heterocycles. The van der Waals surface area contributed by atoms with Crippen molar-refractivity contribution in [1.82, 2.24) is 19.7 Å². The van der Waals surface area contributed by atoms with E-state index in [-0.39, 0.29) is 17.5 Å². The minimum atomic E-state index is -1.16. The average Bonchev–Trinajstić information content (AvgIpc) is 3.47. The number of H-pyrrole nitrogens is 1. The Morgan fingerprint density at radius 3 is 2.93 bits per heavy atom. The van der Waals surface area contributed by atoms with Crippen LogP contribution in [0.1, 0.15) is 29.0 Å². The molecule has 0 bridgehead atoms. The molecule has 5 rings (SSSR count). The maximum atomic E-state index is 12.2. The third kappa shape index (κ3) is 3.39. The first-order valence-electron chi connectivity index (χ1n) is 9.52. The van der Waals surface area contributed by atoms with Gasteiger partial charge in [0.15, 0.2) is 0 Å². The van der Waals surface area contributed by atoms with Crippen LogP contribution in [-0.4, -0.2) is 37.4 Å². The fourth-order valence-corrected chi connectivity index (χ4v) is 3.67. The van der Waals surface area contributed by atoms with Gasteiger partial charge in [-0.3, -0.25) is 9.48 Å². The molecule has 152 valence electrons. The lowest BCUT2D eigenvalue weighted by atomic mass is 10.1. The molecule has 2 N–H and O–H groups in total. The molecule has 0 aliphatic heterocycles. The molecule has 0 atom stereocenters. The summed E-state index contributed by atoms with van der Waals surface area (Å²) in [6.07, 6.45) is 3.50. The highest BCUT2D eigenvalue weighted by Crippen LogP contribution is 2.33. The zero-order valence-electron chi connectivity index (χ0n) is 15.8. The first kappa shape index (κ1) is 18.6. The highest BCUT2D eigenvalue weighted by molar-refractivity contribution is 6.32. The first-order valence-corrected chi connectivity index (χ1v) is 9.90. The van der Waals surface area contributed by atoms with Gasteiger partial charge >= 0.3 is 5.97 Å². The number of carboxylic acid groups (broad SMARTS) is 1. The Hall–Kier alpha value is -3.39. The van der Waals surface area contributed by atoms with E-state index >= 15 is 0 Å². The summed E-state index contributed by atoms with van der Waals surface area (Å²) in [5.41, 5.74) is 1.40. The number of carbonyl (C=O) groups is 1. The molecule has 9 heteroatoms. The maximum Gasteiger partial charge on any atom is 0.336 e. The largest absolute Gasteiger partial charge is 0.492 e. The average molecular weight is 425 g/mol. The van der Waals surface area contributed by atoms with E-state index in [0.717, 1.165) is 11.7 Å². The normalized spacial score (nSPS) is 13.8. The summed E-state index contributed by atoms with van der Waals surface area (Å²) in [6, 6.07) is 8.24. The van der Waals surface area contributed by atoms with Crippen LogP contribution < -0.4 is 10.2 Å². The molecule has 2 aromatic heterocycles. The molecular formula is C21H17ClN4O4. The van der Waals surface area contributed by atoms with Gasteiger partial charge in [0, 0.05) is 6.07 Å². The number of aromatic carboxylic acids is 1. The Labute approximate surface area is 175 Å². The molecule has 8 nitrogen and oxygen atoms in total. The molecule has 1 fully saturated rings. The van der Waals surface area contributed by atoms with Gasteiger partial charge in [-0.05, 0) is 37.0 Å². The Bertz CT molecular complexity index is 1360. The molecule has 2 heterocycles. The molecule has 0 unspecified atom stereocenters. The number of hydrogen-bond donors (Lipinski definition) is 2. The van der Waals surface area contributed by atoms with Crippen LogP contribution in [0.25, 0.3) is 21.9 Å². The van der Waals surface area contributed by atoms with Crippen molar-refractivity contribution in [2.75, 3.05) is 6.61 Å². The van der Waals surface area contributed by atoms with Crippen molar-refractivity contribution in [3.63, 3.8) is 0 Å². The van der Waals surface area contributed by atoms with Gasteiger partial charge in [0.1, 0.15) is 11.6 Å². The molecule has 1 saturated carbocycles. The SMILES string of the molecule is O=C(O)c1cccc2c1c(=O)cnn2Cc1nc2cc(OCC3CC3)c(Cl)cc2[nH]1. The van der Waals surface area contributed by atoms with Crippen molar-refractivity contribution in [2.45, 2.75) is 19.4 Å². The zero-order valence-corrected chi connectivity index (χ0v) is 16.5. The monoisotopic (exact) mass is 424 g/mol. The molecule has 0 radical (unpaired) electrons. The Morgan fingerprint density at radius 2 is 2.17 bits per heavy atom. The van der Waals surface area contributed by atoms with Gasteiger partial charge in [-0.2, -0.15) is 5.10 Å². The first-order chi connectivity index (χ1) is 14.5. The quantitative estimate of drug-likeness (QED) is 0.490. The van der Waals surface area contributed by atoms with Crippen molar-refractivity contribution < 1.29 is 14.6 Å². The van der Waals surface area contributed by atoms with Gasteiger partial charge in [0.2, 0.25) is 5.43 Å². The van der Waals surface area contributed by atoms with Crippen LogP contribution in [-0.2, 0) is 6.54 Å². The van der Waals surface area contributed by atoms with Gasteiger partial charge in [0.05, 0.1) is 51.9 Å². The van der Waals surface area contributed by atoms with E-state index in [1.165, 1.54) is 18.9 Å². The lowest BCUT2D eigenvalue weighted by Crippen LogP contribution is -2.16. The van der Waals surface area contributed by atoms with Crippen molar-refractivity contribution in [1.29, 1.82) is 0 Å². The van der Waals surface area contributed by atoms with Crippen LogP contribution in [0.4, 0.5) is 0 Å². The number of aromatic amines is 1. The second kappa shape index (κ2) is 7.14. The number of imidazole rings is 1. The van der Waals surface area contributed by atoms with Crippen LogP contribution >= 0.6 is 11.6 Å². The standard InChI is InChI=1S/C21H17ClN4O4/c22-13-6-14-15(7-18(13)30-10-11-4-5-11)25-19(24-14)9-26-16-3-1-2-12(21(28)29)20(16)17(27)8-23-26/h1-3,6-8,11H,4-5,9-10H2,(H,24,25)(H,28,29). The highest BCUT2D eigenvalue weighted by atomic mass is 35.5. The van der Waals surface area contributed by atoms with E-state index in [2.05, 4.69) is 15.1 Å². The van der Waals surface area contributed by atoms with Crippen molar-refractivity contribution in [3.05, 3.63) is 63.2 Å². The van der Waals surface area contributed by atoms with Crippen LogP contribution in [0.5, 0.6) is 5.75 Å².